The Bertz CT molecular complexity index is 353. The maximum atomic E-state index is 11.9. The average molecular weight is 220 g/mol. The SMILES string of the molecule is CCC(N)(CC)C(=O)Nc1ccc(C)cc1. The first kappa shape index (κ1) is 12.7. The molecule has 3 heteroatoms. The van der Waals surface area contributed by atoms with Crippen LogP contribution in [0.3, 0.4) is 0 Å². The molecule has 0 aliphatic carbocycles. The third-order valence-electron chi connectivity index (χ3n) is 3.02. The smallest absolute Gasteiger partial charge is 0.244 e. The van der Waals surface area contributed by atoms with Gasteiger partial charge in [-0.15, -0.1) is 0 Å². The van der Waals surface area contributed by atoms with Crippen molar-refractivity contribution < 1.29 is 4.79 Å². The molecule has 0 heterocycles. The summed E-state index contributed by atoms with van der Waals surface area (Å²) in [4.78, 5) is 11.9. The van der Waals surface area contributed by atoms with Gasteiger partial charge in [-0.25, -0.2) is 0 Å². The lowest BCUT2D eigenvalue weighted by molar-refractivity contribution is -0.121. The van der Waals surface area contributed by atoms with Gasteiger partial charge >= 0.3 is 0 Å². The summed E-state index contributed by atoms with van der Waals surface area (Å²) in [6.45, 7) is 5.87. The molecule has 1 aromatic rings. The Balaban J connectivity index is 2.74. The van der Waals surface area contributed by atoms with Gasteiger partial charge in [-0.1, -0.05) is 31.5 Å². The van der Waals surface area contributed by atoms with E-state index in [0.29, 0.717) is 12.8 Å². The summed E-state index contributed by atoms with van der Waals surface area (Å²) in [6, 6.07) is 7.70. The van der Waals surface area contributed by atoms with Crippen molar-refractivity contribution in [2.75, 3.05) is 5.32 Å². The predicted octanol–water partition coefficient (Wildman–Crippen LogP) is 2.45. The molecule has 0 atom stereocenters. The molecule has 0 fully saturated rings. The molecule has 0 unspecified atom stereocenters. The minimum absolute atomic E-state index is 0.110. The number of rotatable bonds is 4. The summed E-state index contributed by atoms with van der Waals surface area (Å²) in [5.41, 5.74) is 7.21. The molecule has 1 rings (SSSR count). The molecule has 1 aromatic carbocycles. The fraction of sp³-hybridized carbons (Fsp3) is 0.462. The molecule has 3 nitrogen and oxygen atoms in total. The van der Waals surface area contributed by atoms with Crippen LogP contribution in [-0.2, 0) is 4.79 Å². The molecule has 3 N–H and O–H groups in total. The van der Waals surface area contributed by atoms with E-state index in [1.807, 2.05) is 45.0 Å². The van der Waals surface area contributed by atoms with Gasteiger partial charge in [0, 0.05) is 5.69 Å². The molecule has 16 heavy (non-hydrogen) atoms. The number of hydrogen-bond acceptors (Lipinski definition) is 2. The number of carbonyl (C=O) groups excluding carboxylic acids is 1. The van der Waals surface area contributed by atoms with Gasteiger partial charge in [0.15, 0.2) is 0 Å². The summed E-state index contributed by atoms with van der Waals surface area (Å²) in [5, 5.41) is 2.85. The standard InChI is InChI=1S/C13H20N2O/c1-4-13(14,5-2)12(16)15-11-8-6-10(3)7-9-11/h6-9H,4-5,14H2,1-3H3,(H,15,16). The van der Waals surface area contributed by atoms with E-state index < -0.39 is 5.54 Å². The molecule has 88 valence electrons. The summed E-state index contributed by atoms with van der Waals surface area (Å²) >= 11 is 0. The molecule has 0 saturated carbocycles. The molecule has 0 saturated heterocycles. The summed E-state index contributed by atoms with van der Waals surface area (Å²) in [5.74, 6) is -0.110. The van der Waals surface area contributed by atoms with Crippen LogP contribution in [-0.4, -0.2) is 11.4 Å². The lowest BCUT2D eigenvalue weighted by atomic mass is 9.93. The van der Waals surface area contributed by atoms with Gasteiger partial charge in [0.1, 0.15) is 0 Å². The highest BCUT2D eigenvalue weighted by molar-refractivity contribution is 5.97. The van der Waals surface area contributed by atoms with Gasteiger partial charge in [0.2, 0.25) is 5.91 Å². The van der Waals surface area contributed by atoms with Crippen LogP contribution in [0.25, 0.3) is 0 Å². The number of nitrogens with two attached hydrogens (primary N) is 1. The second kappa shape index (κ2) is 5.12. The van der Waals surface area contributed by atoms with Crippen molar-refractivity contribution in [2.45, 2.75) is 39.2 Å². The van der Waals surface area contributed by atoms with Gasteiger partial charge in [-0.3, -0.25) is 4.79 Å². The largest absolute Gasteiger partial charge is 0.324 e. The van der Waals surface area contributed by atoms with Crippen molar-refractivity contribution in [3.05, 3.63) is 29.8 Å². The van der Waals surface area contributed by atoms with E-state index in [4.69, 9.17) is 5.73 Å². The zero-order chi connectivity index (χ0) is 12.2. The molecular formula is C13H20N2O. The predicted molar refractivity (Wildman–Crippen MR) is 67.3 cm³/mol. The van der Waals surface area contributed by atoms with E-state index in [0.717, 1.165) is 5.69 Å². The third kappa shape index (κ3) is 2.83. The summed E-state index contributed by atoms with van der Waals surface area (Å²) in [7, 11) is 0. The summed E-state index contributed by atoms with van der Waals surface area (Å²) < 4.78 is 0. The fourth-order valence-corrected chi connectivity index (χ4v) is 1.46. The van der Waals surface area contributed by atoms with Crippen molar-refractivity contribution in [3.8, 4) is 0 Å². The van der Waals surface area contributed by atoms with E-state index in [1.54, 1.807) is 0 Å². The third-order valence-corrected chi connectivity index (χ3v) is 3.02. The Morgan fingerprint density at radius 2 is 1.75 bits per heavy atom. The maximum absolute atomic E-state index is 11.9. The highest BCUT2D eigenvalue weighted by Gasteiger charge is 2.29. The Kier molecular flexibility index (Phi) is 4.07. The fourth-order valence-electron chi connectivity index (χ4n) is 1.46. The van der Waals surface area contributed by atoms with Crippen LogP contribution in [0.5, 0.6) is 0 Å². The first-order chi connectivity index (χ1) is 7.51. The van der Waals surface area contributed by atoms with Crippen molar-refractivity contribution in [2.24, 2.45) is 5.73 Å². The Morgan fingerprint density at radius 3 is 2.19 bits per heavy atom. The topological polar surface area (TPSA) is 55.1 Å². The van der Waals surface area contributed by atoms with Crippen LogP contribution in [0.4, 0.5) is 5.69 Å². The number of aryl methyl sites for hydroxylation is 1. The van der Waals surface area contributed by atoms with Gasteiger partial charge < -0.3 is 11.1 Å². The number of carbonyl (C=O) groups is 1. The second-order valence-corrected chi connectivity index (χ2v) is 4.18. The van der Waals surface area contributed by atoms with E-state index in [9.17, 15) is 4.79 Å². The molecule has 0 radical (unpaired) electrons. The molecule has 1 amide bonds. The molecule has 0 aromatic heterocycles. The van der Waals surface area contributed by atoms with Crippen molar-refractivity contribution in [1.82, 2.24) is 0 Å². The lowest BCUT2D eigenvalue weighted by Gasteiger charge is -2.25. The van der Waals surface area contributed by atoms with Crippen molar-refractivity contribution >= 4 is 11.6 Å². The number of nitrogens with one attached hydrogen (secondary N) is 1. The molecule has 0 aliphatic heterocycles. The van der Waals surface area contributed by atoms with Crippen molar-refractivity contribution in [3.63, 3.8) is 0 Å². The van der Waals surface area contributed by atoms with Crippen LogP contribution in [0.15, 0.2) is 24.3 Å². The average Bonchev–Trinajstić information content (AvgIpc) is 2.31. The molecule has 0 spiro atoms. The van der Waals surface area contributed by atoms with Crippen LogP contribution < -0.4 is 11.1 Å². The van der Waals surface area contributed by atoms with E-state index in [2.05, 4.69) is 5.32 Å². The van der Waals surface area contributed by atoms with E-state index in [-0.39, 0.29) is 5.91 Å². The zero-order valence-corrected chi connectivity index (χ0v) is 10.2. The Morgan fingerprint density at radius 1 is 1.25 bits per heavy atom. The normalized spacial score (nSPS) is 11.2. The highest BCUT2D eigenvalue weighted by atomic mass is 16.2. The quantitative estimate of drug-likeness (QED) is 0.819. The van der Waals surface area contributed by atoms with Gasteiger partial charge in [-0.05, 0) is 31.9 Å². The number of amides is 1. The van der Waals surface area contributed by atoms with Crippen LogP contribution in [0, 0.1) is 6.92 Å². The monoisotopic (exact) mass is 220 g/mol. The molecule has 0 bridgehead atoms. The Hall–Kier alpha value is -1.35. The minimum Gasteiger partial charge on any atom is -0.324 e. The first-order valence-electron chi connectivity index (χ1n) is 5.69. The van der Waals surface area contributed by atoms with Crippen LogP contribution in [0.1, 0.15) is 32.3 Å². The maximum Gasteiger partial charge on any atom is 0.244 e. The lowest BCUT2D eigenvalue weighted by Crippen LogP contribution is -2.50. The zero-order valence-electron chi connectivity index (χ0n) is 10.2. The number of anilines is 1. The van der Waals surface area contributed by atoms with Gasteiger partial charge in [0.05, 0.1) is 5.54 Å². The number of hydrogen-bond donors (Lipinski definition) is 2. The van der Waals surface area contributed by atoms with Gasteiger partial charge in [0.25, 0.3) is 0 Å². The minimum atomic E-state index is -0.759. The van der Waals surface area contributed by atoms with Crippen LogP contribution in [0.2, 0.25) is 0 Å². The Labute approximate surface area is 97.0 Å². The summed E-state index contributed by atoms with van der Waals surface area (Å²) in [6.07, 6.45) is 1.28. The molecule has 0 aliphatic rings. The second-order valence-electron chi connectivity index (χ2n) is 4.18. The van der Waals surface area contributed by atoms with E-state index >= 15 is 0 Å². The molecular weight excluding hydrogens is 200 g/mol. The van der Waals surface area contributed by atoms with Crippen LogP contribution >= 0.6 is 0 Å². The number of benzene rings is 1. The van der Waals surface area contributed by atoms with Crippen molar-refractivity contribution in [1.29, 1.82) is 0 Å². The van der Waals surface area contributed by atoms with E-state index in [1.165, 1.54) is 5.56 Å². The highest BCUT2D eigenvalue weighted by Crippen LogP contribution is 2.16. The van der Waals surface area contributed by atoms with Gasteiger partial charge in [-0.2, -0.15) is 0 Å². The first-order valence-corrected chi connectivity index (χ1v) is 5.69.